The SMILES string of the molecule is C[C@@H](NS(=O)(=O)CCCOCC(C)(C)C)c1ccc(F)c(OCC2CC2)c1. The van der Waals surface area contributed by atoms with E-state index < -0.39 is 21.9 Å². The first-order valence-corrected chi connectivity index (χ1v) is 11.2. The van der Waals surface area contributed by atoms with Crippen LogP contribution in [0.5, 0.6) is 5.75 Å². The summed E-state index contributed by atoms with van der Waals surface area (Å²) >= 11 is 0. The standard InChI is InChI=1S/C20H32FNO4S/c1-15(22-27(23,24)11-5-10-25-14-20(2,3)4)17-8-9-18(21)19(12-17)26-13-16-6-7-16/h8-9,12,15-16,22H,5-7,10-11,13-14H2,1-4H3/t15-/m1/s1. The molecule has 0 aliphatic heterocycles. The Bertz CT molecular complexity index is 711. The van der Waals surface area contributed by atoms with Crippen LogP contribution in [-0.4, -0.2) is 34.0 Å². The van der Waals surface area contributed by atoms with Gasteiger partial charge in [0.2, 0.25) is 10.0 Å². The van der Waals surface area contributed by atoms with E-state index in [0.29, 0.717) is 37.7 Å². The van der Waals surface area contributed by atoms with E-state index in [1.165, 1.54) is 6.07 Å². The van der Waals surface area contributed by atoms with E-state index >= 15 is 0 Å². The van der Waals surface area contributed by atoms with Gasteiger partial charge in [-0.25, -0.2) is 17.5 Å². The zero-order valence-corrected chi connectivity index (χ0v) is 17.6. The van der Waals surface area contributed by atoms with Crippen molar-refractivity contribution in [1.82, 2.24) is 4.72 Å². The van der Waals surface area contributed by atoms with Crippen LogP contribution in [0.2, 0.25) is 0 Å². The van der Waals surface area contributed by atoms with E-state index in [9.17, 15) is 12.8 Å². The molecule has 0 radical (unpaired) electrons. The number of halogens is 1. The third kappa shape index (κ3) is 8.58. The van der Waals surface area contributed by atoms with Gasteiger partial charge in [-0.3, -0.25) is 0 Å². The molecule has 1 saturated carbocycles. The summed E-state index contributed by atoms with van der Waals surface area (Å²) in [4.78, 5) is 0. The van der Waals surface area contributed by atoms with E-state index in [1.807, 2.05) is 0 Å². The number of sulfonamides is 1. The highest BCUT2D eigenvalue weighted by Crippen LogP contribution is 2.31. The maximum Gasteiger partial charge on any atom is 0.212 e. The molecule has 1 fully saturated rings. The number of hydrogen-bond donors (Lipinski definition) is 1. The topological polar surface area (TPSA) is 64.6 Å². The van der Waals surface area contributed by atoms with Crippen LogP contribution in [0.4, 0.5) is 4.39 Å². The molecule has 154 valence electrons. The largest absolute Gasteiger partial charge is 0.490 e. The van der Waals surface area contributed by atoms with Crippen molar-refractivity contribution in [2.45, 2.75) is 53.0 Å². The summed E-state index contributed by atoms with van der Waals surface area (Å²) in [5.74, 6) is 0.268. The lowest BCUT2D eigenvalue weighted by atomic mass is 9.99. The quantitative estimate of drug-likeness (QED) is 0.568. The fourth-order valence-electron chi connectivity index (χ4n) is 2.52. The molecule has 0 bridgehead atoms. The molecule has 0 unspecified atom stereocenters. The Kier molecular flexibility index (Phi) is 7.65. The van der Waals surface area contributed by atoms with Crippen molar-refractivity contribution in [2.24, 2.45) is 11.3 Å². The third-order valence-electron chi connectivity index (χ3n) is 4.22. The number of nitrogens with one attached hydrogen (secondary N) is 1. The summed E-state index contributed by atoms with van der Waals surface area (Å²) in [5, 5.41) is 0. The number of ether oxygens (including phenoxy) is 2. The fraction of sp³-hybridized carbons (Fsp3) is 0.700. The monoisotopic (exact) mass is 401 g/mol. The predicted octanol–water partition coefficient (Wildman–Crippen LogP) is 4.05. The van der Waals surface area contributed by atoms with Gasteiger partial charge in [0.15, 0.2) is 11.6 Å². The zero-order chi connectivity index (χ0) is 20.1. The lowest BCUT2D eigenvalue weighted by Gasteiger charge is -2.18. The maximum absolute atomic E-state index is 13.9. The van der Waals surface area contributed by atoms with E-state index in [-0.39, 0.29) is 16.9 Å². The molecule has 0 heterocycles. The van der Waals surface area contributed by atoms with Crippen LogP contribution in [0, 0.1) is 17.2 Å². The van der Waals surface area contributed by atoms with Gasteiger partial charge in [0, 0.05) is 12.6 Å². The molecule has 0 saturated heterocycles. The van der Waals surface area contributed by atoms with Crippen LogP contribution in [-0.2, 0) is 14.8 Å². The summed E-state index contributed by atoms with van der Waals surface area (Å²) in [5.41, 5.74) is 0.739. The van der Waals surface area contributed by atoms with E-state index in [0.717, 1.165) is 12.8 Å². The summed E-state index contributed by atoms with van der Waals surface area (Å²) in [6, 6.07) is 4.02. The Hall–Kier alpha value is -1.18. The predicted molar refractivity (Wildman–Crippen MR) is 105 cm³/mol. The van der Waals surface area contributed by atoms with E-state index in [2.05, 4.69) is 25.5 Å². The molecule has 0 amide bonds. The van der Waals surface area contributed by atoms with Gasteiger partial charge in [0.25, 0.3) is 0 Å². The summed E-state index contributed by atoms with van der Waals surface area (Å²) < 4.78 is 52.1. The summed E-state index contributed by atoms with van der Waals surface area (Å²) in [6.45, 7) is 9.45. The lowest BCUT2D eigenvalue weighted by molar-refractivity contribution is 0.0720. The highest BCUT2D eigenvalue weighted by molar-refractivity contribution is 7.89. The normalized spacial score (nSPS) is 16.3. The van der Waals surface area contributed by atoms with Gasteiger partial charge in [-0.1, -0.05) is 26.8 Å². The van der Waals surface area contributed by atoms with Crippen LogP contribution in [0.15, 0.2) is 18.2 Å². The van der Waals surface area contributed by atoms with Gasteiger partial charge in [-0.05, 0) is 55.2 Å². The van der Waals surface area contributed by atoms with Crippen LogP contribution >= 0.6 is 0 Å². The molecular weight excluding hydrogens is 369 g/mol. The van der Waals surface area contributed by atoms with Crippen LogP contribution in [0.3, 0.4) is 0 Å². The number of rotatable bonds is 11. The van der Waals surface area contributed by atoms with Crippen LogP contribution in [0.25, 0.3) is 0 Å². The molecule has 1 N–H and O–H groups in total. The Morgan fingerprint density at radius 2 is 2.00 bits per heavy atom. The highest BCUT2D eigenvalue weighted by atomic mass is 32.2. The van der Waals surface area contributed by atoms with Gasteiger partial charge in [-0.15, -0.1) is 0 Å². The fourth-order valence-corrected chi connectivity index (χ4v) is 3.81. The highest BCUT2D eigenvalue weighted by Gasteiger charge is 2.23. The Morgan fingerprint density at radius 3 is 2.63 bits per heavy atom. The molecule has 1 aromatic carbocycles. The second kappa shape index (κ2) is 9.34. The van der Waals surface area contributed by atoms with Crippen molar-refractivity contribution < 1.29 is 22.3 Å². The molecule has 5 nitrogen and oxygen atoms in total. The number of benzene rings is 1. The first-order chi connectivity index (χ1) is 12.6. The van der Waals surface area contributed by atoms with Crippen LogP contribution in [0.1, 0.15) is 58.6 Å². The van der Waals surface area contributed by atoms with Crippen molar-refractivity contribution in [2.75, 3.05) is 25.6 Å². The molecular formula is C20H32FNO4S. The van der Waals surface area contributed by atoms with E-state index in [4.69, 9.17) is 9.47 Å². The first-order valence-electron chi connectivity index (χ1n) is 9.56. The van der Waals surface area contributed by atoms with Gasteiger partial charge in [0.1, 0.15) is 0 Å². The van der Waals surface area contributed by atoms with Crippen molar-refractivity contribution >= 4 is 10.0 Å². The molecule has 1 atom stereocenters. The first kappa shape index (κ1) is 22.1. The minimum Gasteiger partial charge on any atom is -0.490 e. The molecule has 27 heavy (non-hydrogen) atoms. The van der Waals surface area contributed by atoms with Crippen LogP contribution < -0.4 is 9.46 Å². The molecule has 0 spiro atoms. The van der Waals surface area contributed by atoms with E-state index in [1.54, 1.807) is 19.1 Å². The van der Waals surface area contributed by atoms with Gasteiger partial charge >= 0.3 is 0 Å². The van der Waals surface area contributed by atoms with Gasteiger partial charge in [-0.2, -0.15) is 0 Å². The molecule has 2 rings (SSSR count). The second-order valence-electron chi connectivity index (χ2n) is 8.57. The average Bonchev–Trinajstić information content (AvgIpc) is 3.36. The molecule has 1 aromatic rings. The maximum atomic E-state index is 13.9. The molecule has 7 heteroatoms. The summed E-state index contributed by atoms with van der Waals surface area (Å²) in [7, 11) is -3.45. The average molecular weight is 402 g/mol. The lowest BCUT2D eigenvalue weighted by Crippen LogP contribution is -2.29. The Labute approximate surface area is 162 Å². The van der Waals surface area contributed by atoms with Crippen molar-refractivity contribution in [3.8, 4) is 5.75 Å². The van der Waals surface area contributed by atoms with Crippen molar-refractivity contribution in [3.63, 3.8) is 0 Å². The zero-order valence-electron chi connectivity index (χ0n) is 16.8. The van der Waals surface area contributed by atoms with Crippen molar-refractivity contribution in [1.29, 1.82) is 0 Å². The minimum absolute atomic E-state index is 0.00624. The minimum atomic E-state index is -3.45. The molecule has 0 aromatic heterocycles. The van der Waals surface area contributed by atoms with Crippen molar-refractivity contribution in [3.05, 3.63) is 29.6 Å². The smallest absolute Gasteiger partial charge is 0.212 e. The molecule has 1 aliphatic rings. The summed E-state index contributed by atoms with van der Waals surface area (Å²) in [6.07, 6.45) is 2.67. The number of hydrogen-bond acceptors (Lipinski definition) is 4. The van der Waals surface area contributed by atoms with Gasteiger partial charge < -0.3 is 9.47 Å². The van der Waals surface area contributed by atoms with Gasteiger partial charge in [0.05, 0.1) is 19.0 Å². The second-order valence-corrected chi connectivity index (χ2v) is 10.4. The third-order valence-corrected chi connectivity index (χ3v) is 5.76. The Morgan fingerprint density at radius 1 is 1.30 bits per heavy atom. The Balaban J connectivity index is 1.83. The molecule has 1 aliphatic carbocycles.